The molecule has 0 saturated carbocycles. The van der Waals surface area contributed by atoms with E-state index in [1.807, 2.05) is 19.1 Å². The average Bonchev–Trinajstić information content (AvgIpc) is 2.84. The van der Waals surface area contributed by atoms with Gasteiger partial charge in [-0.15, -0.1) is 0 Å². The number of nitrogens with zero attached hydrogens (tertiary/aromatic N) is 1. The zero-order valence-electron chi connectivity index (χ0n) is 11.5. The number of nitrogens with one attached hydrogen (secondary N) is 3. The largest absolute Gasteiger partial charge is 0.313 e. The lowest BCUT2D eigenvalue weighted by Gasteiger charge is -2.12. The number of benzene rings is 1. The first-order chi connectivity index (χ1) is 9.54. The van der Waals surface area contributed by atoms with E-state index >= 15 is 0 Å². The Morgan fingerprint density at radius 2 is 2.05 bits per heavy atom. The van der Waals surface area contributed by atoms with Crippen LogP contribution in [0, 0.1) is 6.92 Å². The molecule has 0 aliphatic carbocycles. The molecule has 1 heterocycles. The van der Waals surface area contributed by atoms with Crippen molar-refractivity contribution in [3.05, 3.63) is 41.7 Å². The van der Waals surface area contributed by atoms with E-state index in [-0.39, 0.29) is 4.90 Å². The van der Waals surface area contributed by atoms with Gasteiger partial charge in [0.1, 0.15) is 4.90 Å². The van der Waals surface area contributed by atoms with Gasteiger partial charge in [0.05, 0.1) is 17.6 Å². The first-order valence-corrected chi connectivity index (χ1v) is 7.84. The minimum atomic E-state index is -3.62. The standard InChI is InChI=1S/C13H18N4O2S/c1-3-14-8-11-6-4-5-7-12(11)17-20(18,19)13-9-15-16-10(13)2/h4-7,9,14,17H,3,8H2,1-2H3,(H,15,16). The lowest BCUT2D eigenvalue weighted by molar-refractivity contribution is 0.600. The number of aryl methyl sites for hydroxylation is 1. The van der Waals surface area contributed by atoms with Crippen molar-refractivity contribution in [2.75, 3.05) is 11.3 Å². The second-order valence-electron chi connectivity index (χ2n) is 4.40. The van der Waals surface area contributed by atoms with Gasteiger partial charge in [-0.2, -0.15) is 5.10 Å². The third-order valence-corrected chi connectivity index (χ3v) is 4.38. The number of aromatic amines is 1. The molecule has 2 aromatic rings. The van der Waals surface area contributed by atoms with Crippen molar-refractivity contribution in [3.63, 3.8) is 0 Å². The van der Waals surface area contributed by atoms with Crippen LogP contribution in [0.15, 0.2) is 35.4 Å². The maximum atomic E-state index is 12.3. The molecule has 0 amide bonds. The van der Waals surface area contributed by atoms with E-state index in [4.69, 9.17) is 0 Å². The van der Waals surface area contributed by atoms with Crippen LogP contribution in [0.5, 0.6) is 0 Å². The molecule has 0 fully saturated rings. The van der Waals surface area contributed by atoms with Crippen molar-refractivity contribution in [2.24, 2.45) is 0 Å². The summed E-state index contributed by atoms with van der Waals surface area (Å²) in [5, 5.41) is 9.56. The predicted molar refractivity (Wildman–Crippen MR) is 78.0 cm³/mol. The fraction of sp³-hybridized carbons (Fsp3) is 0.308. The summed E-state index contributed by atoms with van der Waals surface area (Å²) in [6, 6.07) is 7.32. The van der Waals surface area contributed by atoms with Crippen LogP contribution in [0.3, 0.4) is 0 Å². The molecular formula is C13H18N4O2S. The van der Waals surface area contributed by atoms with Gasteiger partial charge in [0, 0.05) is 6.54 Å². The highest BCUT2D eigenvalue weighted by Crippen LogP contribution is 2.20. The van der Waals surface area contributed by atoms with Crippen LogP contribution in [-0.4, -0.2) is 25.2 Å². The molecule has 108 valence electrons. The Hall–Kier alpha value is -1.86. The fourth-order valence-corrected chi connectivity index (χ4v) is 3.08. The molecule has 1 aromatic heterocycles. The van der Waals surface area contributed by atoms with Crippen molar-refractivity contribution in [1.82, 2.24) is 15.5 Å². The van der Waals surface area contributed by atoms with E-state index in [9.17, 15) is 8.42 Å². The third kappa shape index (κ3) is 3.17. The molecular weight excluding hydrogens is 276 g/mol. The van der Waals surface area contributed by atoms with Gasteiger partial charge < -0.3 is 5.32 Å². The lowest BCUT2D eigenvalue weighted by atomic mass is 10.2. The number of aromatic nitrogens is 2. The number of sulfonamides is 1. The van der Waals surface area contributed by atoms with Gasteiger partial charge in [0.25, 0.3) is 10.0 Å². The molecule has 2 rings (SSSR count). The van der Waals surface area contributed by atoms with Crippen LogP contribution in [0.25, 0.3) is 0 Å². The minimum Gasteiger partial charge on any atom is -0.313 e. The summed E-state index contributed by atoms with van der Waals surface area (Å²) in [4.78, 5) is 0.163. The Balaban J connectivity index is 2.28. The Bertz CT molecular complexity index is 679. The SMILES string of the molecule is CCNCc1ccccc1NS(=O)(=O)c1cn[nH]c1C. The second kappa shape index (κ2) is 6.06. The van der Waals surface area contributed by atoms with Gasteiger partial charge in [-0.1, -0.05) is 25.1 Å². The summed E-state index contributed by atoms with van der Waals surface area (Å²) in [6.07, 6.45) is 1.31. The van der Waals surface area contributed by atoms with Gasteiger partial charge in [-0.25, -0.2) is 8.42 Å². The molecule has 1 aromatic carbocycles. The topological polar surface area (TPSA) is 86.9 Å². The number of rotatable bonds is 6. The molecule has 0 saturated heterocycles. The fourth-order valence-electron chi connectivity index (χ4n) is 1.84. The van der Waals surface area contributed by atoms with Gasteiger partial charge in [-0.05, 0) is 25.1 Å². The highest BCUT2D eigenvalue weighted by molar-refractivity contribution is 7.92. The summed E-state index contributed by atoms with van der Waals surface area (Å²) in [5.74, 6) is 0. The van der Waals surface area contributed by atoms with Crippen molar-refractivity contribution in [3.8, 4) is 0 Å². The van der Waals surface area contributed by atoms with Crippen LogP contribution in [-0.2, 0) is 16.6 Å². The molecule has 0 unspecified atom stereocenters. The Labute approximate surface area is 118 Å². The molecule has 0 aliphatic rings. The van der Waals surface area contributed by atoms with E-state index in [1.165, 1.54) is 6.20 Å². The summed E-state index contributed by atoms with van der Waals surface area (Å²) in [5.41, 5.74) is 2.00. The van der Waals surface area contributed by atoms with Crippen molar-refractivity contribution >= 4 is 15.7 Å². The van der Waals surface area contributed by atoms with Crippen LogP contribution < -0.4 is 10.0 Å². The zero-order valence-corrected chi connectivity index (χ0v) is 12.3. The van der Waals surface area contributed by atoms with Crippen molar-refractivity contribution < 1.29 is 8.42 Å². The highest BCUT2D eigenvalue weighted by Gasteiger charge is 2.19. The zero-order chi connectivity index (χ0) is 14.6. The van der Waals surface area contributed by atoms with E-state index < -0.39 is 10.0 Å². The molecule has 0 aliphatic heterocycles. The number of H-pyrrole nitrogens is 1. The Morgan fingerprint density at radius 1 is 1.30 bits per heavy atom. The maximum absolute atomic E-state index is 12.3. The number of hydrogen-bond acceptors (Lipinski definition) is 4. The van der Waals surface area contributed by atoms with Gasteiger partial charge in [0.2, 0.25) is 0 Å². The van der Waals surface area contributed by atoms with Crippen LogP contribution in [0.1, 0.15) is 18.2 Å². The monoisotopic (exact) mass is 294 g/mol. The van der Waals surface area contributed by atoms with E-state index in [0.717, 1.165) is 12.1 Å². The smallest absolute Gasteiger partial charge is 0.265 e. The molecule has 6 nitrogen and oxygen atoms in total. The van der Waals surface area contributed by atoms with Crippen LogP contribution >= 0.6 is 0 Å². The lowest BCUT2D eigenvalue weighted by Crippen LogP contribution is -2.17. The molecule has 0 atom stereocenters. The summed E-state index contributed by atoms with van der Waals surface area (Å²) in [7, 11) is -3.62. The highest BCUT2D eigenvalue weighted by atomic mass is 32.2. The Morgan fingerprint density at radius 3 is 2.70 bits per heavy atom. The van der Waals surface area contributed by atoms with Crippen molar-refractivity contribution in [2.45, 2.75) is 25.3 Å². The van der Waals surface area contributed by atoms with Gasteiger partial charge in [-0.3, -0.25) is 9.82 Å². The van der Waals surface area contributed by atoms with E-state index in [0.29, 0.717) is 17.9 Å². The first-order valence-electron chi connectivity index (χ1n) is 6.36. The number of hydrogen-bond donors (Lipinski definition) is 3. The molecule has 7 heteroatoms. The van der Waals surface area contributed by atoms with Gasteiger partial charge >= 0.3 is 0 Å². The van der Waals surface area contributed by atoms with E-state index in [1.54, 1.807) is 19.1 Å². The van der Waals surface area contributed by atoms with Crippen LogP contribution in [0.4, 0.5) is 5.69 Å². The summed E-state index contributed by atoms with van der Waals surface area (Å²) < 4.78 is 27.2. The third-order valence-electron chi connectivity index (χ3n) is 2.90. The molecule has 20 heavy (non-hydrogen) atoms. The summed E-state index contributed by atoms with van der Waals surface area (Å²) >= 11 is 0. The van der Waals surface area contributed by atoms with Crippen molar-refractivity contribution in [1.29, 1.82) is 0 Å². The maximum Gasteiger partial charge on any atom is 0.265 e. The molecule has 3 N–H and O–H groups in total. The molecule has 0 bridgehead atoms. The van der Waals surface area contributed by atoms with Crippen LogP contribution in [0.2, 0.25) is 0 Å². The minimum absolute atomic E-state index is 0.163. The quantitative estimate of drug-likeness (QED) is 0.755. The first kappa shape index (κ1) is 14.5. The molecule has 0 spiro atoms. The normalized spacial score (nSPS) is 11.5. The number of para-hydroxylation sites is 1. The average molecular weight is 294 g/mol. The Kier molecular flexibility index (Phi) is 4.41. The molecule has 0 radical (unpaired) electrons. The predicted octanol–water partition coefficient (Wildman–Crippen LogP) is 1.63. The number of anilines is 1. The second-order valence-corrected chi connectivity index (χ2v) is 6.05. The van der Waals surface area contributed by atoms with E-state index in [2.05, 4.69) is 20.2 Å². The van der Waals surface area contributed by atoms with Gasteiger partial charge in [0.15, 0.2) is 0 Å². The summed E-state index contributed by atoms with van der Waals surface area (Å²) in [6.45, 7) is 5.11.